The molecule has 5 heteroatoms. The summed E-state index contributed by atoms with van der Waals surface area (Å²) in [5.41, 5.74) is 2.92. The Balaban J connectivity index is 1.25. The zero-order valence-electron chi connectivity index (χ0n) is 15.6. The Morgan fingerprint density at radius 2 is 1.70 bits per heavy atom. The molecule has 2 bridgehead atoms. The molecule has 1 aliphatic heterocycles. The van der Waals surface area contributed by atoms with Gasteiger partial charge in [-0.3, -0.25) is 19.3 Å². The first-order chi connectivity index (χ1) is 13.0. The van der Waals surface area contributed by atoms with Gasteiger partial charge in [0, 0.05) is 18.7 Å². The molecule has 0 aromatic heterocycles. The van der Waals surface area contributed by atoms with Crippen molar-refractivity contribution in [2.75, 3.05) is 11.9 Å². The Labute approximate surface area is 158 Å². The van der Waals surface area contributed by atoms with Crippen molar-refractivity contribution in [3.05, 3.63) is 41.5 Å². The molecule has 1 saturated heterocycles. The maximum atomic E-state index is 12.9. The summed E-state index contributed by atoms with van der Waals surface area (Å²) in [6.45, 7) is 4.14. The van der Waals surface area contributed by atoms with Gasteiger partial charge in [-0.1, -0.05) is 29.8 Å². The molecule has 1 heterocycles. The highest BCUT2D eigenvalue weighted by Crippen LogP contribution is 2.65. The van der Waals surface area contributed by atoms with E-state index >= 15 is 0 Å². The summed E-state index contributed by atoms with van der Waals surface area (Å²) in [4.78, 5) is 39.5. The average molecular weight is 364 g/mol. The fourth-order valence-corrected chi connectivity index (χ4v) is 5.62. The average Bonchev–Trinajstić information content (AvgIpc) is 3.41. The second-order valence-corrected chi connectivity index (χ2v) is 8.60. The Morgan fingerprint density at radius 1 is 1.07 bits per heavy atom. The monoisotopic (exact) mass is 364 g/mol. The lowest BCUT2D eigenvalue weighted by Crippen LogP contribution is -2.40. The van der Waals surface area contributed by atoms with Crippen molar-refractivity contribution in [1.29, 1.82) is 0 Å². The number of nitrogens with zero attached hydrogens (tertiary/aromatic N) is 1. The molecule has 6 atom stereocenters. The third kappa shape index (κ3) is 2.47. The van der Waals surface area contributed by atoms with Crippen LogP contribution >= 0.6 is 0 Å². The van der Waals surface area contributed by atoms with Gasteiger partial charge in [0.15, 0.2) is 0 Å². The van der Waals surface area contributed by atoms with Crippen LogP contribution in [0, 0.1) is 49.4 Å². The first-order valence-electron chi connectivity index (χ1n) is 9.86. The minimum absolute atomic E-state index is 0.0611. The van der Waals surface area contributed by atoms with E-state index < -0.39 is 0 Å². The summed E-state index contributed by atoms with van der Waals surface area (Å²) in [7, 11) is 0. The predicted molar refractivity (Wildman–Crippen MR) is 101 cm³/mol. The molecule has 1 N–H and O–H groups in total. The second kappa shape index (κ2) is 5.78. The molecule has 5 aliphatic rings. The number of anilines is 1. The molecule has 0 radical (unpaired) electrons. The van der Waals surface area contributed by atoms with Crippen molar-refractivity contribution in [3.63, 3.8) is 0 Å². The lowest BCUT2D eigenvalue weighted by molar-refractivity contribution is -0.140. The molecule has 5 nitrogen and oxygen atoms in total. The van der Waals surface area contributed by atoms with Crippen molar-refractivity contribution < 1.29 is 14.4 Å². The van der Waals surface area contributed by atoms with Crippen LogP contribution in [-0.2, 0) is 14.4 Å². The lowest BCUT2D eigenvalue weighted by atomic mass is 9.63. The van der Waals surface area contributed by atoms with Crippen LogP contribution in [0.15, 0.2) is 30.4 Å². The molecule has 0 spiro atoms. The molecule has 1 aromatic rings. The summed E-state index contributed by atoms with van der Waals surface area (Å²) >= 11 is 0. The van der Waals surface area contributed by atoms with Crippen LogP contribution in [0.1, 0.15) is 24.0 Å². The van der Waals surface area contributed by atoms with E-state index in [0.717, 1.165) is 23.2 Å². The fourth-order valence-electron chi connectivity index (χ4n) is 5.62. The molecule has 3 fully saturated rings. The van der Waals surface area contributed by atoms with Gasteiger partial charge < -0.3 is 5.32 Å². The van der Waals surface area contributed by atoms with Crippen molar-refractivity contribution in [2.24, 2.45) is 35.5 Å². The minimum Gasteiger partial charge on any atom is -0.326 e. The topological polar surface area (TPSA) is 66.5 Å². The number of rotatable bonds is 4. The number of hydrogen-bond donors (Lipinski definition) is 1. The Kier molecular flexibility index (Phi) is 3.58. The van der Waals surface area contributed by atoms with E-state index in [1.54, 1.807) is 0 Å². The van der Waals surface area contributed by atoms with E-state index in [1.165, 1.54) is 4.90 Å². The van der Waals surface area contributed by atoms with Gasteiger partial charge in [-0.05, 0) is 55.6 Å². The van der Waals surface area contributed by atoms with E-state index in [4.69, 9.17) is 0 Å². The largest absolute Gasteiger partial charge is 0.326 e. The molecule has 6 rings (SSSR count). The van der Waals surface area contributed by atoms with Gasteiger partial charge in [-0.2, -0.15) is 0 Å². The number of carbonyl (C=O) groups excluding carboxylic acids is 3. The van der Waals surface area contributed by atoms with Crippen molar-refractivity contribution in [3.8, 4) is 0 Å². The van der Waals surface area contributed by atoms with Crippen molar-refractivity contribution in [1.82, 2.24) is 4.90 Å². The van der Waals surface area contributed by atoms with Gasteiger partial charge in [0.05, 0.1) is 11.8 Å². The number of likely N-dealkylation sites (tertiary alicyclic amines) is 1. The van der Waals surface area contributed by atoms with Gasteiger partial charge in [0.2, 0.25) is 17.7 Å². The van der Waals surface area contributed by atoms with Crippen LogP contribution in [0.5, 0.6) is 0 Å². The molecule has 4 aliphatic carbocycles. The first-order valence-corrected chi connectivity index (χ1v) is 9.86. The molecule has 2 saturated carbocycles. The van der Waals surface area contributed by atoms with E-state index in [9.17, 15) is 14.4 Å². The van der Waals surface area contributed by atoms with Crippen LogP contribution in [0.4, 0.5) is 5.69 Å². The number of benzene rings is 1. The summed E-state index contributed by atoms with van der Waals surface area (Å²) in [5.74, 6) is 1.02. The SMILES string of the molecule is Cc1ccc(NC(=O)CCN2C(=O)[C@@H]3[C@H]4C=C[C@@H]([C@@H]5C[C@H]45)[C@@H]3C2=O)c(C)c1. The molecular weight excluding hydrogens is 340 g/mol. The fraction of sp³-hybridized carbons (Fsp3) is 0.500. The molecule has 140 valence electrons. The first kappa shape index (κ1) is 16.7. The predicted octanol–water partition coefficient (Wildman–Crippen LogP) is 2.69. The number of amides is 3. The number of imide groups is 1. The highest BCUT2D eigenvalue weighted by Gasteiger charge is 2.66. The minimum atomic E-state index is -0.182. The molecule has 3 amide bonds. The van der Waals surface area contributed by atoms with Gasteiger partial charge in [-0.25, -0.2) is 0 Å². The highest BCUT2D eigenvalue weighted by molar-refractivity contribution is 6.06. The number of hydrogen-bond acceptors (Lipinski definition) is 3. The zero-order chi connectivity index (χ0) is 18.9. The van der Waals surface area contributed by atoms with Crippen LogP contribution in [0.2, 0.25) is 0 Å². The highest BCUT2D eigenvalue weighted by atomic mass is 16.2. The quantitative estimate of drug-likeness (QED) is 0.660. The summed E-state index contributed by atoms with van der Waals surface area (Å²) < 4.78 is 0. The third-order valence-corrected chi connectivity index (χ3v) is 6.97. The molecule has 1 aromatic carbocycles. The van der Waals surface area contributed by atoms with E-state index in [1.807, 2.05) is 32.0 Å². The smallest absolute Gasteiger partial charge is 0.233 e. The Hall–Kier alpha value is -2.43. The zero-order valence-corrected chi connectivity index (χ0v) is 15.6. The van der Waals surface area contributed by atoms with E-state index in [2.05, 4.69) is 17.5 Å². The Morgan fingerprint density at radius 3 is 2.30 bits per heavy atom. The van der Waals surface area contributed by atoms with Gasteiger partial charge in [0.25, 0.3) is 0 Å². The van der Waals surface area contributed by atoms with E-state index in [0.29, 0.717) is 11.8 Å². The lowest BCUT2D eigenvalue weighted by Gasteiger charge is -2.37. The molecule has 0 unspecified atom stereocenters. The molecule has 27 heavy (non-hydrogen) atoms. The number of allylic oxidation sites excluding steroid dienone is 2. The maximum Gasteiger partial charge on any atom is 0.233 e. The van der Waals surface area contributed by atoms with Gasteiger partial charge in [-0.15, -0.1) is 0 Å². The number of aryl methyl sites for hydroxylation is 2. The second-order valence-electron chi connectivity index (χ2n) is 8.60. The summed E-state index contributed by atoms with van der Waals surface area (Å²) in [5, 5.41) is 2.90. The van der Waals surface area contributed by atoms with Gasteiger partial charge >= 0.3 is 0 Å². The standard InChI is InChI=1S/C22H24N2O3/c1-11-3-6-17(12(2)9-11)23-18(25)7-8-24-21(26)19-13-4-5-14(16-10-15(13)16)20(19)22(24)27/h3-6,9,13-16,19-20H,7-8,10H2,1-2H3,(H,23,25)/t13-,14-,15-,16+,19-,20+/m0/s1. The van der Waals surface area contributed by atoms with Crippen LogP contribution in [0.25, 0.3) is 0 Å². The number of nitrogens with one attached hydrogen (secondary N) is 1. The van der Waals surface area contributed by atoms with Crippen LogP contribution < -0.4 is 5.32 Å². The molecular formula is C22H24N2O3. The van der Waals surface area contributed by atoms with Crippen molar-refractivity contribution in [2.45, 2.75) is 26.7 Å². The third-order valence-electron chi connectivity index (χ3n) is 6.97. The van der Waals surface area contributed by atoms with Gasteiger partial charge in [0.1, 0.15) is 0 Å². The van der Waals surface area contributed by atoms with Crippen LogP contribution in [-0.4, -0.2) is 29.2 Å². The number of carbonyl (C=O) groups is 3. The van der Waals surface area contributed by atoms with E-state index in [-0.39, 0.29) is 54.4 Å². The Bertz CT molecular complexity index is 854. The van der Waals surface area contributed by atoms with Crippen molar-refractivity contribution >= 4 is 23.4 Å². The normalized spacial score (nSPS) is 35.3. The van der Waals surface area contributed by atoms with Crippen LogP contribution in [0.3, 0.4) is 0 Å². The summed E-state index contributed by atoms with van der Waals surface area (Å²) in [6.07, 6.45) is 5.64. The summed E-state index contributed by atoms with van der Waals surface area (Å²) in [6, 6.07) is 5.86. The maximum absolute atomic E-state index is 12.9.